The predicted molar refractivity (Wildman–Crippen MR) is 82.3 cm³/mol. The fourth-order valence-electron chi connectivity index (χ4n) is 3.57. The minimum atomic E-state index is 0.0594. The summed E-state index contributed by atoms with van der Waals surface area (Å²) < 4.78 is 5.73. The van der Waals surface area contributed by atoms with Crippen LogP contribution >= 0.6 is 0 Å². The standard InChI is InChI=1S/C18H28O2/c1-3-5-15-6-10-16(11-7-15)18(19)20-17-12-8-14(4-2)9-13-17/h3-4,14-17H,1-2,5-13H2. The highest BCUT2D eigenvalue weighted by molar-refractivity contribution is 5.72. The quantitative estimate of drug-likeness (QED) is 0.539. The van der Waals surface area contributed by atoms with Crippen LogP contribution in [0.3, 0.4) is 0 Å². The molecule has 2 aliphatic rings. The molecular formula is C18H28O2. The van der Waals surface area contributed by atoms with Gasteiger partial charge in [0.05, 0.1) is 5.92 Å². The maximum Gasteiger partial charge on any atom is 0.309 e. The van der Waals surface area contributed by atoms with Crippen molar-refractivity contribution in [1.29, 1.82) is 0 Å². The van der Waals surface area contributed by atoms with E-state index in [4.69, 9.17) is 4.74 Å². The molecule has 0 unspecified atom stereocenters. The molecule has 0 N–H and O–H groups in total. The van der Waals surface area contributed by atoms with Gasteiger partial charge >= 0.3 is 5.97 Å². The first-order valence-electron chi connectivity index (χ1n) is 8.16. The lowest BCUT2D eigenvalue weighted by Gasteiger charge is -2.30. The maximum absolute atomic E-state index is 12.2. The maximum atomic E-state index is 12.2. The van der Waals surface area contributed by atoms with Crippen LogP contribution in [0.2, 0.25) is 0 Å². The molecular weight excluding hydrogens is 248 g/mol. The van der Waals surface area contributed by atoms with Gasteiger partial charge in [-0.1, -0.05) is 12.2 Å². The lowest BCUT2D eigenvalue weighted by atomic mass is 9.80. The number of carbonyl (C=O) groups excluding carboxylic acids is 1. The second kappa shape index (κ2) is 7.66. The molecule has 0 aromatic carbocycles. The van der Waals surface area contributed by atoms with E-state index in [-0.39, 0.29) is 18.0 Å². The van der Waals surface area contributed by atoms with Crippen molar-refractivity contribution in [3.8, 4) is 0 Å². The molecule has 0 amide bonds. The lowest BCUT2D eigenvalue weighted by molar-refractivity contribution is -0.157. The fourth-order valence-corrected chi connectivity index (χ4v) is 3.57. The Balaban J connectivity index is 1.70. The van der Waals surface area contributed by atoms with Gasteiger partial charge in [0.25, 0.3) is 0 Å². The van der Waals surface area contributed by atoms with Gasteiger partial charge in [0.1, 0.15) is 6.10 Å². The summed E-state index contributed by atoms with van der Waals surface area (Å²) in [7, 11) is 0. The highest BCUT2D eigenvalue weighted by atomic mass is 16.5. The zero-order chi connectivity index (χ0) is 14.4. The van der Waals surface area contributed by atoms with E-state index in [0.717, 1.165) is 63.7 Å². The Morgan fingerprint density at radius 1 is 1.00 bits per heavy atom. The van der Waals surface area contributed by atoms with Gasteiger partial charge < -0.3 is 4.74 Å². The highest BCUT2D eigenvalue weighted by Gasteiger charge is 2.29. The molecule has 0 heterocycles. The summed E-state index contributed by atoms with van der Waals surface area (Å²) in [5.41, 5.74) is 0. The van der Waals surface area contributed by atoms with E-state index in [1.807, 2.05) is 12.2 Å². The molecule has 0 saturated heterocycles. The Bertz CT molecular complexity index is 331. The van der Waals surface area contributed by atoms with Crippen LogP contribution in [0.15, 0.2) is 25.3 Å². The number of hydrogen-bond acceptors (Lipinski definition) is 2. The molecule has 2 rings (SSSR count). The Morgan fingerprint density at radius 2 is 1.65 bits per heavy atom. The molecule has 0 spiro atoms. The van der Waals surface area contributed by atoms with Crippen LogP contribution < -0.4 is 0 Å². The Kier molecular flexibility index (Phi) is 5.87. The third-order valence-electron chi connectivity index (χ3n) is 5.02. The third kappa shape index (κ3) is 4.22. The Morgan fingerprint density at radius 3 is 2.20 bits per heavy atom. The van der Waals surface area contributed by atoms with Crippen LogP contribution in [0, 0.1) is 17.8 Å². The van der Waals surface area contributed by atoms with Gasteiger partial charge in [-0.05, 0) is 69.6 Å². The van der Waals surface area contributed by atoms with Crippen LogP contribution in [0.25, 0.3) is 0 Å². The number of rotatable bonds is 5. The smallest absolute Gasteiger partial charge is 0.309 e. The van der Waals surface area contributed by atoms with Gasteiger partial charge in [-0.15, -0.1) is 13.2 Å². The molecule has 2 fully saturated rings. The first kappa shape index (κ1) is 15.3. The summed E-state index contributed by atoms with van der Waals surface area (Å²) in [5.74, 6) is 1.57. The van der Waals surface area contributed by atoms with Crippen molar-refractivity contribution in [3.05, 3.63) is 25.3 Å². The molecule has 2 heteroatoms. The van der Waals surface area contributed by atoms with Gasteiger partial charge in [0, 0.05) is 0 Å². The molecule has 2 nitrogen and oxygen atoms in total. The van der Waals surface area contributed by atoms with Crippen LogP contribution in [-0.4, -0.2) is 12.1 Å². The predicted octanol–water partition coefficient (Wildman–Crippen LogP) is 4.66. The molecule has 0 aromatic rings. The number of carbonyl (C=O) groups is 1. The van der Waals surface area contributed by atoms with Crippen molar-refractivity contribution in [2.45, 2.75) is 63.9 Å². The van der Waals surface area contributed by atoms with Crippen molar-refractivity contribution < 1.29 is 9.53 Å². The first-order valence-corrected chi connectivity index (χ1v) is 8.16. The monoisotopic (exact) mass is 276 g/mol. The number of hydrogen-bond donors (Lipinski definition) is 0. The lowest BCUT2D eigenvalue weighted by Crippen LogP contribution is -2.29. The summed E-state index contributed by atoms with van der Waals surface area (Å²) >= 11 is 0. The Labute approximate surface area is 123 Å². The minimum Gasteiger partial charge on any atom is -0.462 e. The summed E-state index contributed by atoms with van der Waals surface area (Å²) in [5, 5.41) is 0. The topological polar surface area (TPSA) is 26.3 Å². The van der Waals surface area contributed by atoms with Gasteiger partial charge in [0.2, 0.25) is 0 Å². The van der Waals surface area contributed by atoms with E-state index in [2.05, 4.69) is 13.2 Å². The van der Waals surface area contributed by atoms with Crippen LogP contribution in [0.1, 0.15) is 57.8 Å². The van der Waals surface area contributed by atoms with Crippen LogP contribution in [0.5, 0.6) is 0 Å². The van der Waals surface area contributed by atoms with E-state index in [0.29, 0.717) is 5.92 Å². The van der Waals surface area contributed by atoms with Crippen molar-refractivity contribution >= 4 is 5.97 Å². The Hall–Kier alpha value is -1.05. The average molecular weight is 276 g/mol. The minimum absolute atomic E-state index is 0.0594. The molecule has 0 aliphatic heterocycles. The molecule has 0 radical (unpaired) electrons. The molecule has 2 saturated carbocycles. The van der Waals surface area contributed by atoms with E-state index in [1.165, 1.54) is 0 Å². The SMILES string of the molecule is C=CCC1CCC(C(=O)OC2CCC(C=C)CC2)CC1. The zero-order valence-corrected chi connectivity index (χ0v) is 12.6. The number of esters is 1. The van der Waals surface area contributed by atoms with Crippen LogP contribution in [-0.2, 0) is 9.53 Å². The zero-order valence-electron chi connectivity index (χ0n) is 12.6. The largest absolute Gasteiger partial charge is 0.462 e. The second-order valence-electron chi connectivity index (χ2n) is 6.45. The normalized spacial score (nSPS) is 34.2. The number of allylic oxidation sites excluding steroid dienone is 2. The van der Waals surface area contributed by atoms with E-state index in [1.54, 1.807) is 0 Å². The number of ether oxygens (including phenoxy) is 1. The van der Waals surface area contributed by atoms with Crippen molar-refractivity contribution in [3.63, 3.8) is 0 Å². The van der Waals surface area contributed by atoms with Gasteiger partial charge in [-0.25, -0.2) is 0 Å². The van der Waals surface area contributed by atoms with Gasteiger partial charge in [-0.2, -0.15) is 0 Å². The van der Waals surface area contributed by atoms with E-state index >= 15 is 0 Å². The van der Waals surface area contributed by atoms with Gasteiger partial charge in [-0.3, -0.25) is 4.79 Å². The first-order chi connectivity index (χ1) is 9.72. The average Bonchev–Trinajstić information content (AvgIpc) is 2.49. The summed E-state index contributed by atoms with van der Waals surface area (Å²) in [6, 6.07) is 0. The molecule has 0 atom stereocenters. The molecule has 2 aliphatic carbocycles. The highest BCUT2D eigenvalue weighted by Crippen LogP contribution is 2.33. The molecule has 112 valence electrons. The molecule has 0 bridgehead atoms. The molecule has 0 aromatic heterocycles. The third-order valence-corrected chi connectivity index (χ3v) is 5.02. The second-order valence-corrected chi connectivity index (χ2v) is 6.45. The van der Waals surface area contributed by atoms with Gasteiger partial charge in [0.15, 0.2) is 0 Å². The van der Waals surface area contributed by atoms with E-state index in [9.17, 15) is 4.79 Å². The van der Waals surface area contributed by atoms with Crippen molar-refractivity contribution in [1.82, 2.24) is 0 Å². The molecule has 20 heavy (non-hydrogen) atoms. The summed E-state index contributed by atoms with van der Waals surface area (Å²) in [6.07, 6.45) is 13.8. The fraction of sp³-hybridized carbons (Fsp3) is 0.722. The van der Waals surface area contributed by atoms with E-state index < -0.39 is 0 Å². The summed E-state index contributed by atoms with van der Waals surface area (Å²) in [4.78, 5) is 12.2. The summed E-state index contributed by atoms with van der Waals surface area (Å²) in [6.45, 7) is 7.65. The van der Waals surface area contributed by atoms with Crippen molar-refractivity contribution in [2.75, 3.05) is 0 Å². The van der Waals surface area contributed by atoms with Crippen LogP contribution in [0.4, 0.5) is 0 Å². The van der Waals surface area contributed by atoms with Crippen molar-refractivity contribution in [2.24, 2.45) is 17.8 Å².